The van der Waals surface area contributed by atoms with E-state index in [0.717, 1.165) is 25.1 Å². The largest absolute Gasteiger partial charge is 0.394 e. The van der Waals surface area contributed by atoms with E-state index < -0.39 is 0 Å². The lowest BCUT2D eigenvalue weighted by Gasteiger charge is -2.22. The fourth-order valence-corrected chi connectivity index (χ4v) is 3.23. The molecule has 1 fully saturated rings. The minimum atomic E-state index is 0.0527. The third-order valence-electron chi connectivity index (χ3n) is 3.51. The minimum Gasteiger partial charge on any atom is -0.394 e. The second-order valence-corrected chi connectivity index (χ2v) is 6.15. The molecule has 0 radical (unpaired) electrons. The molecule has 3 nitrogen and oxygen atoms in total. The summed E-state index contributed by atoms with van der Waals surface area (Å²) in [4.78, 5) is 15.1. The first-order valence-corrected chi connectivity index (χ1v) is 7.79. The lowest BCUT2D eigenvalue weighted by molar-refractivity contribution is -0.132. The smallest absolute Gasteiger partial charge is 0.223 e. The van der Waals surface area contributed by atoms with Crippen molar-refractivity contribution in [2.45, 2.75) is 37.1 Å². The number of aliphatic hydroxyl groups is 1. The first kappa shape index (κ1) is 14.4. The minimum absolute atomic E-state index is 0.0527. The Morgan fingerprint density at radius 3 is 2.84 bits per heavy atom. The van der Waals surface area contributed by atoms with Crippen molar-refractivity contribution in [1.29, 1.82) is 0 Å². The van der Waals surface area contributed by atoms with Crippen molar-refractivity contribution in [2.75, 3.05) is 18.9 Å². The lowest BCUT2D eigenvalue weighted by atomic mass is 10.2. The molecule has 2 rings (SSSR count). The highest BCUT2D eigenvalue weighted by atomic mass is 32.2. The number of amides is 1. The van der Waals surface area contributed by atoms with Gasteiger partial charge in [-0.1, -0.05) is 17.7 Å². The van der Waals surface area contributed by atoms with E-state index >= 15 is 0 Å². The third-order valence-corrected chi connectivity index (χ3v) is 4.53. The van der Waals surface area contributed by atoms with E-state index in [1.165, 1.54) is 10.5 Å². The van der Waals surface area contributed by atoms with Gasteiger partial charge in [0.05, 0.1) is 12.6 Å². The number of aryl methyl sites for hydroxylation is 1. The summed E-state index contributed by atoms with van der Waals surface area (Å²) in [6.07, 6.45) is 2.50. The topological polar surface area (TPSA) is 40.5 Å². The molecule has 1 aromatic rings. The molecule has 0 aliphatic carbocycles. The van der Waals surface area contributed by atoms with Crippen molar-refractivity contribution in [3.05, 3.63) is 29.8 Å². The quantitative estimate of drug-likeness (QED) is 0.842. The van der Waals surface area contributed by atoms with Crippen LogP contribution in [0.2, 0.25) is 0 Å². The normalized spacial score (nSPS) is 18.8. The summed E-state index contributed by atoms with van der Waals surface area (Å²) >= 11 is 1.72. The van der Waals surface area contributed by atoms with Gasteiger partial charge in [0, 0.05) is 23.6 Å². The Morgan fingerprint density at radius 2 is 2.16 bits per heavy atom. The molecule has 0 bridgehead atoms. The van der Waals surface area contributed by atoms with Gasteiger partial charge in [-0.25, -0.2) is 0 Å². The SMILES string of the molecule is Cc1ccc(SCCC(=O)N2CCCC2CO)cc1. The number of hydrogen-bond donors (Lipinski definition) is 1. The van der Waals surface area contributed by atoms with Crippen LogP contribution in [0.5, 0.6) is 0 Å². The van der Waals surface area contributed by atoms with Gasteiger partial charge in [0.15, 0.2) is 0 Å². The Morgan fingerprint density at radius 1 is 1.42 bits per heavy atom. The molecule has 0 spiro atoms. The first-order chi connectivity index (χ1) is 9.20. The van der Waals surface area contributed by atoms with Crippen LogP contribution >= 0.6 is 11.8 Å². The number of hydrogen-bond acceptors (Lipinski definition) is 3. The van der Waals surface area contributed by atoms with Gasteiger partial charge in [-0.2, -0.15) is 0 Å². The van der Waals surface area contributed by atoms with Crippen LogP contribution in [0, 0.1) is 6.92 Å². The van der Waals surface area contributed by atoms with Crippen molar-refractivity contribution in [1.82, 2.24) is 4.90 Å². The number of carbonyl (C=O) groups excluding carboxylic acids is 1. The Kier molecular flexibility index (Phi) is 5.28. The van der Waals surface area contributed by atoms with Crippen molar-refractivity contribution in [3.8, 4) is 0 Å². The maximum atomic E-state index is 12.1. The van der Waals surface area contributed by atoms with Crippen LogP contribution in [0.3, 0.4) is 0 Å². The molecule has 1 atom stereocenters. The molecule has 1 aromatic carbocycles. The molecule has 104 valence electrons. The zero-order valence-corrected chi connectivity index (χ0v) is 12.2. The monoisotopic (exact) mass is 279 g/mol. The number of thioether (sulfide) groups is 1. The van der Waals surface area contributed by atoms with E-state index in [0.29, 0.717) is 6.42 Å². The standard InChI is InChI=1S/C15H21NO2S/c1-12-4-6-14(7-5-12)19-10-8-15(18)16-9-2-3-13(16)11-17/h4-7,13,17H,2-3,8-11H2,1H3. The van der Waals surface area contributed by atoms with Crippen LogP contribution < -0.4 is 0 Å². The fraction of sp³-hybridized carbons (Fsp3) is 0.533. The zero-order chi connectivity index (χ0) is 13.7. The Balaban J connectivity index is 1.76. The van der Waals surface area contributed by atoms with Gasteiger partial charge in [0.1, 0.15) is 0 Å². The second kappa shape index (κ2) is 6.96. The maximum absolute atomic E-state index is 12.1. The van der Waals surface area contributed by atoms with Crippen molar-refractivity contribution >= 4 is 17.7 Å². The van der Waals surface area contributed by atoms with E-state index in [2.05, 4.69) is 31.2 Å². The van der Waals surface area contributed by atoms with Crippen LogP contribution in [0.1, 0.15) is 24.8 Å². The van der Waals surface area contributed by atoms with Crippen LogP contribution in [0.4, 0.5) is 0 Å². The molecular weight excluding hydrogens is 258 g/mol. The molecule has 1 heterocycles. The molecular formula is C15H21NO2S. The fourth-order valence-electron chi connectivity index (χ4n) is 2.39. The maximum Gasteiger partial charge on any atom is 0.223 e. The van der Waals surface area contributed by atoms with Crippen LogP contribution in [-0.4, -0.2) is 40.9 Å². The number of benzene rings is 1. The van der Waals surface area contributed by atoms with Crippen LogP contribution in [0.15, 0.2) is 29.2 Å². The Bertz CT molecular complexity index is 419. The molecule has 1 N–H and O–H groups in total. The van der Waals surface area contributed by atoms with Gasteiger partial charge < -0.3 is 10.0 Å². The van der Waals surface area contributed by atoms with E-state index in [9.17, 15) is 9.90 Å². The molecule has 0 aromatic heterocycles. The predicted octanol–water partition coefficient (Wildman–Crippen LogP) is 2.46. The molecule has 1 aliphatic rings. The van der Waals surface area contributed by atoms with Crippen molar-refractivity contribution in [3.63, 3.8) is 0 Å². The van der Waals surface area contributed by atoms with Gasteiger partial charge in [-0.05, 0) is 31.9 Å². The number of carbonyl (C=O) groups is 1. The summed E-state index contributed by atoms with van der Waals surface area (Å²) in [5, 5.41) is 9.22. The van der Waals surface area contributed by atoms with Crippen molar-refractivity contribution in [2.24, 2.45) is 0 Å². The predicted molar refractivity (Wildman–Crippen MR) is 78.3 cm³/mol. The van der Waals surface area contributed by atoms with Crippen LogP contribution in [-0.2, 0) is 4.79 Å². The molecule has 4 heteroatoms. The average Bonchev–Trinajstić information content (AvgIpc) is 2.89. The zero-order valence-electron chi connectivity index (χ0n) is 11.3. The number of rotatable bonds is 5. The summed E-state index contributed by atoms with van der Waals surface area (Å²) in [5.74, 6) is 0.979. The lowest BCUT2D eigenvalue weighted by Crippen LogP contribution is -2.37. The summed E-state index contributed by atoms with van der Waals surface area (Å²) in [6, 6.07) is 8.42. The van der Waals surface area contributed by atoms with E-state index in [1.807, 2.05) is 4.90 Å². The van der Waals surface area contributed by atoms with Crippen molar-refractivity contribution < 1.29 is 9.90 Å². The summed E-state index contributed by atoms with van der Waals surface area (Å²) in [6.45, 7) is 2.97. The van der Waals surface area contributed by atoms with E-state index in [-0.39, 0.29) is 18.6 Å². The molecule has 19 heavy (non-hydrogen) atoms. The van der Waals surface area contributed by atoms with Gasteiger partial charge in [0.2, 0.25) is 5.91 Å². The van der Waals surface area contributed by atoms with Crippen LogP contribution in [0.25, 0.3) is 0 Å². The van der Waals surface area contributed by atoms with Gasteiger partial charge >= 0.3 is 0 Å². The number of aliphatic hydroxyl groups excluding tert-OH is 1. The second-order valence-electron chi connectivity index (χ2n) is 4.98. The summed E-state index contributed by atoms with van der Waals surface area (Å²) < 4.78 is 0. The number of likely N-dealkylation sites (tertiary alicyclic amines) is 1. The highest BCUT2D eigenvalue weighted by Crippen LogP contribution is 2.22. The van der Waals surface area contributed by atoms with Gasteiger partial charge in [-0.15, -0.1) is 11.8 Å². The first-order valence-electron chi connectivity index (χ1n) is 6.80. The van der Waals surface area contributed by atoms with Gasteiger partial charge in [0.25, 0.3) is 0 Å². The summed E-state index contributed by atoms with van der Waals surface area (Å²) in [5.41, 5.74) is 1.25. The van der Waals surface area contributed by atoms with Gasteiger partial charge in [-0.3, -0.25) is 4.79 Å². The highest BCUT2D eigenvalue weighted by Gasteiger charge is 2.27. The van der Waals surface area contributed by atoms with E-state index in [4.69, 9.17) is 0 Å². The molecule has 0 saturated carbocycles. The third kappa shape index (κ3) is 3.98. The Hall–Kier alpha value is -1.00. The molecule has 1 amide bonds. The molecule has 1 aliphatic heterocycles. The Labute approximate surface area is 119 Å². The molecule has 1 saturated heterocycles. The highest BCUT2D eigenvalue weighted by molar-refractivity contribution is 7.99. The van der Waals surface area contributed by atoms with E-state index in [1.54, 1.807) is 11.8 Å². The summed E-state index contributed by atoms with van der Waals surface area (Å²) in [7, 11) is 0. The molecule has 1 unspecified atom stereocenters. The average molecular weight is 279 g/mol. The number of nitrogens with zero attached hydrogens (tertiary/aromatic N) is 1.